The van der Waals surface area contributed by atoms with Crippen LogP contribution in [0.1, 0.15) is 13.8 Å². The molecule has 14 heavy (non-hydrogen) atoms. The molecule has 2 aliphatic heterocycles. The van der Waals surface area contributed by atoms with E-state index in [1.165, 1.54) is 7.11 Å². The summed E-state index contributed by atoms with van der Waals surface area (Å²) in [6.45, 7) is 3.02. The van der Waals surface area contributed by atoms with E-state index >= 15 is 0 Å². The molecule has 0 bridgehead atoms. The minimum atomic E-state index is -0.677. The fourth-order valence-electron chi connectivity index (χ4n) is 1.96. The van der Waals surface area contributed by atoms with Crippen molar-refractivity contribution in [1.29, 1.82) is 0 Å². The maximum Gasteiger partial charge on any atom is 0.186 e. The van der Waals surface area contributed by atoms with Crippen molar-refractivity contribution in [2.45, 2.75) is 44.2 Å². The van der Waals surface area contributed by atoms with Crippen LogP contribution >= 0.6 is 0 Å². The predicted molar refractivity (Wildman–Crippen MR) is 45.5 cm³/mol. The molecule has 0 aromatic carbocycles. The van der Waals surface area contributed by atoms with Crippen molar-refractivity contribution in [3.05, 3.63) is 0 Å². The number of fused-ring (bicyclic) bond motifs is 1. The predicted octanol–water partition coefficient (Wildman–Crippen LogP) is 0.847. The van der Waals surface area contributed by atoms with Gasteiger partial charge in [-0.15, -0.1) is 0 Å². The summed E-state index contributed by atoms with van der Waals surface area (Å²) in [5.74, 6) is -0.677. The van der Waals surface area contributed by atoms with Crippen LogP contribution in [0.2, 0.25) is 0 Å². The lowest BCUT2D eigenvalue weighted by Gasteiger charge is -2.22. The van der Waals surface area contributed by atoms with Crippen LogP contribution in [-0.4, -0.2) is 44.2 Å². The van der Waals surface area contributed by atoms with Crippen LogP contribution in [0.4, 0.5) is 4.39 Å². The van der Waals surface area contributed by atoms with Gasteiger partial charge in [0.15, 0.2) is 12.1 Å². The maximum absolute atomic E-state index is 12.6. The zero-order chi connectivity index (χ0) is 10.3. The second kappa shape index (κ2) is 3.41. The molecule has 0 aromatic heterocycles. The van der Waals surface area contributed by atoms with Crippen molar-refractivity contribution in [3.8, 4) is 0 Å². The molecule has 0 aromatic rings. The molecule has 82 valence electrons. The zero-order valence-corrected chi connectivity index (χ0v) is 8.53. The number of hydrogen-bond acceptors (Lipinski definition) is 4. The van der Waals surface area contributed by atoms with Gasteiger partial charge in [-0.3, -0.25) is 0 Å². The van der Waals surface area contributed by atoms with Gasteiger partial charge in [0.2, 0.25) is 0 Å². The Hall–Kier alpha value is -0.230. The summed E-state index contributed by atoms with van der Waals surface area (Å²) in [6.07, 6.45) is -1.79. The van der Waals surface area contributed by atoms with E-state index in [0.717, 1.165) is 0 Å². The second-order valence-electron chi connectivity index (χ2n) is 4.00. The highest BCUT2D eigenvalue weighted by molar-refractivity contribution is 4.94. The van der Waals surface area contributed by atoms with Crippen LogP contribution in [0, 0.1) is 0 Å². The van der Waals surface area contributed by atoms with E-state index in [1.54, 1.807) is 13.8 Å². The summed E-state index contributed by atoms with van der Waals surface area (Å²) in [7, 11) is 1.51. The van der Waals surface area contributed by atoms with Gasteiger partial charge in [0.05, 0.1) is 0 Å². The molecule has 0 unspecified atom stereocenters. The van der Waals surface area contributed by atoms with Crippen LogP contribution in [-0.2, 0) is 18.9 Å². The molecule has 2 fully saturated rings. The fourth-order valence-corrected chi connectivity index (χ4v) is 1.96. The van der Waals surface area contributed by atoms with Crippen LogP contribution in [0.5, 0.6) is 0 Å². The van der Waals surface area contributed by atoms with Gasteiger partial charge in [-0.1, -0.05) is 0 Å². The summed E-state index contributed by atoms with van der Waals surface area (Å²) in [4.78, 5) is 0. The van der Waals surface area contributed by atoms with Gasteiger partial charge < -0.3 is 18.9 Å². The first-order valence-corrected chi connectivity index (χ1v) is 4.67. The molecule has 5 heteroatoms. The maximum atomic E-state index is 12.6. The first-order chi connectivity index (χ1) is 6.57. The first kappa shape index (κ1) is 10.3. The fraction of sp³-hybridized carbons (Fsp3) is 1.00. The molecule has 0 saturated carbocycles. The topological polar surface area (TPSA) is 36.9 Å². The van der Waals surface area contributed by atoms with Gasteiger partial charge >= 0.3 is 0 Å². The van der Waals surface area contributed by atoms with Gasteiger partial charge in [0.25, 0.3) is 0 Å². The van der Waals surface area contributed by atoms with Crippen LogP contribution in [0.3, 0.4) is 0 Å². The summed E-state index contributed by atoms with van der Waals surface area (Å²) in [6, 6.07) is 0. The zero-order valence-electron chi connectivity index (χ0n) is 8.53. The lowest BCUT2D eigenvalue weighted by Crippen LogP contribution is -2.31. The molecule has 0 spiro atoms. The Labute approximate surface area is 82.3 Å². The third-order valence-electron chi connectivity index (χ3n) is 2.49. The third kappa shape index (κ3) is 1.54. The molecular formula is C9H15FO4. The molecule has 4 atom stereocenters. The van der Waals surface area contributed by atoms with Gasteiger partial charge in [-0.2, -0.15) is 0 Å². The van der Waals surface area contributed by atoms with E-state index in [4.69, 9.17) is 18.9 Å². The number of rotatable bonds is 2. The van der Waals surface area contributed by atoms with Crippen LogP contribution in [0.15, 0.2) is 0 Å². The Morgan fingerprint density at radius 3 is 2.50 bits per heavy atom. The highest BCUT2D eigenvalue weighted by atomic mass is 19.1. The molecule has 0 N–H and O–H groups in total. The highest BCUT2D eigenvalue weighted by Crippen LogP contribution is 2.38. The third-order valence-corrected chi connectivity index (χ3v) is 2.49. The van der Waals surface area contributed by atoms with Crippen molar-refractivity contribution in [1.82, 2.24) is 0 Å². The quantitative estimate of drug-likeness (QED) is 0.671. The van der Waals surface area contributed by atoms with Crippen molar-refractivity contribution in [2.75, 3.05) is 13.8 Å². The molecule has 2 aliphatic rings. The monoisotopic (exact) mass is 206 g/mol. The van der Waals surface area contributed by atoms with E-state index in [1.807, 2.05) is 0 Å². The molecule has 4 nitrogen and oxygen atoms in total. The Kier molecular flexibility index (Phi) is 2.51. The minimum absolute atomic E-state index is 0.323. The second-order valence-corrected chi connectivity index (χ2v) is 4.00. The van der Waals surface area contributed by atoms with Crippen molar-refractivity contribution in [3.63, 3.8) is 0 Å². The number of halogens is 1. The summed E-state index contributed by atoms with van der Waals surface area (Å²) < 4.78 is 34.0. The van der Waals surface area contributed by atoms with Gasteiger partial charge in [0, 0.05) is 7.11 Å². The van der Waals surface area contributed by atoms with Crippen molar-refractivity contribution >= 4 is 0 Å². The Balaban J connectivity index is 2.12. The first-order valence-electron chi connectivity index (χ1n) is 4.67. The molecule has 0 radical (unpaired) electrons. The van der Waals surface area contributed by atoms with Crippen molar-refractivity contribution < 1.29 is 23.3 Å². The molecule has 0 aliphatic carbocycles. The number of methoxy groups -OCH3 is 1. The van der Waals surface area contributed by atoms with E-state index < -0.39 is 24.9 Å². The van der Waals surface area contributed by atoms with Gasteiger partial charge in [-0.05, 0) is 13.8 Å². The Bertz CT molecular complexity index is 201. The highest BCUT2D eigenvalue weighted by Gasteiger charge is 2.55. The number of hydrogen-bond donors (Lipinski definition) is 0. The standard InChI is InChI=1S/C9H15FO4/c1-9(2)13-6-5(4-10)12-8(11-3)7(6)14-9/h5-8H,4H2,1-3H3/t5-,6+,7-,8-/m1/s1. The average Bonchev–Trinajstić information content (AvgIpc) is 2.57. The molecule has 2 saturated heterocycles. The van der Waals surface area contributed by atoms with E-state index in [0.29, 0.717) is 0 Å². The molecule has 2 heterocycles. The number of alkyl halides is 1. The average molecular weight is 206 g/mol. The lowest BCUT2D eigenvalue weighted by molar-refractivity contribution is -0.228. The summed E-state index contributed by atoms with van der Waals surface area (Å²) in [5, 5.41) is 0. The largest absolute Gasteiger partial charge is 0.353 e. The molecule has 0 amide bonds. The van der Waals surface area contributed by atoms with Crippen molar-refractivity contribution in [2.24, 2.45) is 0 Å². The molecule has 2 rings (SSSR count). The van der Waals surface area contributed by atoms with E-state index in [9.17, 15) is 4.39 Å². The van der Waals surface area contributed by atoms with Crippen LogP contribution in [0.25, 0.3) is 0 Å². The Morgan fingerprint density at radius 1 is 1.29 bits per heavy atom. The van der Waals surface area contributed by atoms with Crippen LogP contribution < -0.4 is 0 Å². The molecular weight excluding hydrogens is 191 g/mol. The minimum Gasteiger partial charge on any atom is -0.353 e. The van der Waals surface area contributed by atoms with Gasteiger partial charge in [0.1, 0.15) is 25.0 Å². The smallest absolute Gasteiger partial charge is 0.186 e. The lowest BCUT2D eigenvalue weighted by atomic mass is 10.1. The summed E-state index contributed by atoms with van der Waals surface area (Å²) in [5.41, 5.74) is 0. The Morgan fingerprint density at radius 2 is 1.93 bits per heavy atom. The van der Waals surface area contributed by atoms with Gasteiger partial charge in [-0.25, -0.2) is 4.39 Å². The van der Waals surface area contributed by atoms with E-state index in [2.05, 4.69) is 0 Å². The summed E-state index contributed by atoms with van der Waals surface area (Å²) >= 11 is 0. The SMILES string of the molecule is CO[C@@H]1O[C@H](CF)[C@@H]2OC(C)(C)O[C@@H]12. The normalized spacial score (nSPS) is 45.4. The number of ether oxygens (including phenoxy) is 4. The van der Waals surface area contributed by atoms with E-state index in [-0.39, 0.29) is 12.2 Å².